The van der Waals surface area contributed by atoms with Crippen LogP contribution in [0.2, 0.25) is 0 Å². The Balaban J connectivity index is 3.00. The van der Waals surface area contributed by atoms with Gasteiger partial charge in [0.1, 0.15) is 0 Å². The molecular weight excluding hydrogens is 456 g/mol. The lowest BCUT2D eigenvalue weighted by Gasteiger charge is -2.08. The molecule has 0 radical (unpaired) electrons. The number of hydrogen-bond acceptors (Lipinski definition) is 6. The highest BCUT2D eigenvalue weighted by molar-refractivity contribution is 4.48. The van der Waals surface area contributed by atoms with Gasteiger partial charge in [0.2, 0.25) is 0 Å². The Morgan fingerprint density at radius 3 is 0.667 bits per heavy atom. The van der Waals surface area contributed by atoms with Crippen molar-refractivity contribution in [2.45, 2.75) is 117 Å². The Morgan fingerprint density at radius 2 is 0.417 bits per heavy atom. The molecule has 0 N–H and O–H groups in total. The molecule has 0 rings (SSSR count). The molecule has 0 unspecified atom stereocenters. The summed E-state index contributed by atoms with van der Waals surface area (Å²) in [6.07, 6.45) is 21.4. The summed E-state index contributed by atoms with van der Waals surface area (Å²) >= 11 is 0. The lowest BCUT2D eigenvalue weighted by atomic mass is 10.1. The molecule has 0 saturated heterocycles. The Kier molecular flexibility index (Phi) is 34.5. The molecule has 0 spiro atoms. The molecule has 0 aromatic carbocycles. The molecule has 0 bridgehead atoms. The van der Waals surface area contributed by atoms with Crippen LogP contribution in [0.5, 0.6) is 0 Å². The van der Waals surface area contributed by atoms with Crippen molar-refractivity contribution in [2.24, 2.45) is 0 Å². The van der Waals surface area contributed by atoms with Crippen LogP contribution in [0.1, 0.15) is 117 Å². The minimum Gasteiger partial charge on any atom is -0.379 e. The predicted octanol–water partition coefficient (Wildman–Crippen LogP) is 7.37. The van der Waals surface area contributed by atoms with E-state index in [0.717, 1.165) is 26.1 Å². The lowest BCUT2D eigenvalue weighted by Crippen LogP contribution is -2.14. The molecule has 6 heteroatoms. The highest BCUT2D eigenvalue weighted by Crippen LogP contribution is 2.11. The lowest BCUT2D eigenvalue weighted by molar-refractivity contribution is -0.0169. The Morgan fingerprint density at radius 1 is 0.222 bits per heavy atom. The molecule has 6 nitrogen and oxygen atoms in total. The van der Waals surface area contributed by atoms with Gasteiger partial charge in [0.05, 0.1) is 66.1 Å². The first-order chi connectivity index (χ1) is 17.9. The molecule has 0 fully saturated rings. The second-order valence-corrected chi connectivity index (χ2v) is 9.62. The predicted molar refractivity (Wildman–Crippen MR) is 150 cm³/mol. The normalized spacial score (nSPS) is 11.5. The third-order valence-corrected chi connectivity index (χ3v) is 6.14. The van der Waals surface area contributed by atoms with Crippen LogP contribution in [-0.2, 0) is 28.4 Å². The molecular formula is C30H62O6. The van der Waals surface area contributed by atoms with Crippen LogP contribution in [0, 0.1) is 0 Å². The van der Waals surface area contributed by atoms with E-state index in [2.05, 4.69) is 13.8 Å². The van der Waals surface area contributed by atoms with Crippen molar-refractivity contribution in [3.8, 4) is 0 Å². The molecule has 0 amide bonds. The van der Waals surface area contributed by atoms with Crippen molar-refractivity contribution < 1.29 is 28.4 Å². The molecule has 36 heavy (non-hydrogen) atoms. The summed E-state index contributed by atoms with van der Waals surface area (Å²) in [5.74, 6) is 0. The van der Waals surface area contributed by atoms with Gasteiger partial charge in [-0.2, -0.15) is 0 Å². The monoisotopic (exact) mass is 518 g/mol. The number of ether oxygens (including phenoxy) is 6. The molecule has 0 aliphatic carbocycles. The fourth-order valence-electron chi connectivity index (χ4n) is 3.88. The van der Waals surface area contributed by atoms with Crippen molar-refractivity contribution >= 4 is 0 Å². The standard InChI is InChI=1S/C30H62O6/c1-3-5-7-9-10-11-12-13-14-16-18-20-32-22-24-34-26-28-36-30-29-35-27-25-33-23-21-31-19-17-15-8-6-4-2/h3-30H2,1-2H3. The average molecular weight is 519 g/mol. The highest BCUT2D eigenvalue weighted by Gasteiger charge is 1.96. The zero-order chi connectivity index (χ0) is 26.0. The maximum absolute atomic E-state index is 5.65. The fraction of sp³-hybridized carbons (Fsp3) is 1.00. The van der Waals surface area contributed by atoms with Crippen molar-refractivity contribution in [3.63, 3.8) is 0 Å². The molecule has 0 aromatic rings. The van der Waals surface area contributed by atoms with E-state index >= 15 is 0 Å². The van der Waals surface area contributed by atoms with Gasteiger partial charge in [-0.3, -0.25) is 0 Å². The van der Waals surface area contributed by atoms with Crippen molar-refractivity contribution in [1.82, 2.24) is 0 Å². The molecule has 0 atom stereocenters. The van der Waals surface area contributed by atoms with E-state index in [1.165, 1.54) is 89.9 Å². The molecule has 0 saturated carbocycles. The van der Waals surface area contributed by atoms with Gasteiger partial charge in [0.15, 0.2) is 0 Å². The molecule has 0 aromatic heterocycles. The van der Waals surface area contributed by atoms with Gasteiger partial charge in [0.25, 0.3) is 0 Å². The summed E-state index contributed by atoms with van der Waals surface area (Å²) in [5, 5.41) is 0. The second kappa shape index (κ2) is 34.8. The zero-order valence-electron chi connectivity index (χ0n) is 24.2. The Bertz CT molecular complexity index is 335. The summed E-state index contributed by atoms with van der Waals surface area (Å²) in [7, 11) is 0. The molecule has 0 aliphatic rings. The van der Waals surface area contributed by atoms with Crippen LogP contribution in [0.25, 0.3) is 0 Å². The van der Waals surface area contributed by atoms with Crippen LogP contribution in [0.15, 0.2) is 0 Å². The SMILES string of the molecule is CCCCCCCCCCCCCOCCOCCOCCOCCOCCOCCCCCCC. The van der Waals surface area contributed by atoms with Gasteiger partial charge in [0, 0.05) is 13.2 Å². The van der Waals surface area contributed by atoms with Crippen LogP contribution < -0.4 is 0 Å². The van der Waals surface area contributed by atoms with E-state index < -0.39 is 0 Å². The Labute approximate surface area is 224 Å². The van der Waals surface area contributed by atoms with Crippen LogP contribution in [0.4, 0.5) is 0 Å². The first kappa shape index (κ1) is 35.8. The van der Waals surface area contributed by atoms with Crippen LogP contribution in [0.3, 0.4) is 0 Å². The van der Waals surface area contributed by atoms with Crippen LogP contribution in [-0.4, -0.2) is 79.3 Å². The van der Waals surface area contributed by atoms with Gasteiger partial charge >= 0.3 is 0 Å². The van der Waals surface area contributed by atoms with Gasteiger partial charge in [-0.1, -0.05) is 104 Å². The second-order valence-electron chi connectivity index (χ2n) is 9.62. The van der Waals surface area contributed by atoms with Gasteiger partial charge in [-0.05, 0) is 12.8 Å². The molecule has 0 heterocycles. The summed E-state index contributed by atoms with van der Waals surface area (Å²) in [5.41, 5.74) is 0. The minimum absolute atomic E-state index is 0.583. The van der Waals surface area contributed by atoms with E-state index in [9.17, 15) is 0 Å². The number of unbranched alkanes of at least 4 members (excludes halogenated alkanes) is 14. The van der Waals surface area contributed by atoms with Crippen molar-refractivity contribution in [3.05, 3.63) is 0 Å². The average Bonchev–Trinajstić information content (AvgIpc) is 2.89. The van der Waals surface area contributed by atoms with E-state index in [0.29, 0.717) is 66.1 Å². The summed E-state index contributed by atoms with van der Waals surface area (Å²) in [6.45, 7) is 12.4. The molecule has 218 valence electrons. The first-order valence-electron chi connectivity index (χ1n) is 15.4. The minimum atomic E-state index is 0.583. The van der Waals surface area contributed by atoms with Crippen LogP contribution >= 0.6 is 0 Å². The zero-order valence-corrected chi connectivity index (χ0v) is 24.2. The molecule has 0 aliphatic heterocycles. The third-order valence-electron chi connectivity index (χ3n) is 6.14. The van der Waals surface area contributed by atoms with E-state index in [-0.39, 0.29) is 0 Å². The summed E-state index contributed by atoms with van der Waals surface area (Å²) < 4.78 is 33.3. The topological polar surface area (TPSA) is 55.4 Å². The Hall–Kier alpha value is -0.240. The smallest absolute Gasteiger partial charge is 0.0701 e. The number of rotatable bonds is 33. The van der Waals surface area contributed by atoms with Gasteiger partial charge in [-0.25, -0.2) is 0 Å². The highest BCUT2D eigenvalue weighted by atomic mass is 16.6. The van der Waals surface area contributed by atoms with Gasteiger partial charge in [-0.15, -0.1) is 0 Å². The van der Waals surface area contributed by atoms with Crippen molar-refractivity contribution in [2.75, 3.05) is 79.3 Å². The largest absolute Gasteiger partial charge is 0.379 e. The maximum Gasteiger partial charge on any atom is 0.0701 e. The summed E-state index contributed by atoms with van der Waals surface area (Å²) in [6, 6.07) is 0. The fourth-order valence-corrected chi connectivity index (χ4v) is 3.88. The van der Waals surface area contributed by atoms with E-state index in [1.807, 2.05) is 0 Å². The van der Waals surface area contributed by atoms with E-state index in [4.69, 9.17) is 28.4 Å². The summed E-state index contributed by atoms with van der Waals surface area (Å²) in [4.78, 5) is 0. The maximum atomic E-state index is 5.65. The number of hydrogen-bond donors (Lipinski definition) is 0. The third kappa shape index (κ3) is 33.8. The van der Waals surface area contributed by atoms with Crippen molar-refractivity contribution in [1.29, 1.82) is 0 Å². The quantitative estimate of drug-likeness (QED) is 0.0846. The first-order valence-corrected chi connectivity index (χ1v) is 15.4. The van der Waals surface area contributed by atoms with E-state index in [1.54, 1.807) is 0 Å². The van der Waals surface area contributed by atoms with Gasteiger partial charge < -0.3 is 28.4 Å².